The van der Waals surface area contributed by atoms with E-state index in [0.717, 1.165) is 50.1 Å². The van der Waals surface area contributed by atoms with Gasteiger partial charge in [-0.1, -0.05) is 12.1 Å². The van der Waals surface area contributed by atoms with Gasteiger partial charge in [-0.05, 0) is 50.0 Å². The van der Waals surface area contributed by atoms with Crippen LogP contribution in [0.25, 0.3) is 0 Å². The van der Waals surface area contributed by atoms with E-state index in [1.54, 1.807) is 0 Å². The Hall–Kier alpha value is -1.59. The van der Waals surface area contributed by atoms with Crippen LogP contribution >= 0.6 is 12.4 Å². The summed E-state index contributed by atoms with van der Waals surface area (Å²) in [6.07, 6.45) is 3.44. The Kier molecular flexibility index (Phi) is 6.42. The molecule has 1 aromatic carbocycles. The Bertz CT molecular complexity index is 541. The fraction of sp³-hybridized carbons (Fsp3) is 0.529. The standard InChI is InChI=1S/C17H23N3O2.ClH/c21-16-2-1-11-20(16)12-13-3-5-15(6-4-13)19-17(22)14-7-9-18-10-8-14;/h3-6,14,18H,1-2,7-12H2,(H,19,22);1H. The Balaban J connectivity index is 0.00000192. The maximum Gasteiger partial charge on any atom is 0.227 e. The molecule has 0 bridgehead atoms. The van der Waals surface area contributed by atoms with E-state index >= 15 is 0 Å². The lowest BCUT2D eigenvalue weighted by atomic mass is 9.97. The van der Waals surface area contributed by atoms with Gasteiger partial charge in [-0.25, -0.2) is 0 Å². The molecule has 126 valence electrons. The molecule has 2 N–H and O–H groups in total. The van der Waals surface area contributed by atoms with Crippen molar-refractivity contribution < 1.29 is 9.59 Å². The summed E-state index contributed by atoms with van der Waals surface area (Å²) in [5.74, 6) is 0.468. The van der Waals surface area contributed by atoms with Crippen molar-refractivity contribution in [2.45, 2.75) is 32.2 Å². The minimum absolute atomic E-state index is 0. The number of carbonyl (C=O) groups excluding carboxylic acids is 2. The molecule has 0 radical (unpaired) electrons. The first-order valence-corrected chi connectivity index (χ1v) is 8.11. The van der Waals surface area contributed by atoms with Crippen molar-refractivity contribution >= 4 is 29.9 Å². The SMILES string of the molecule is Cl.O=C(Nc1ccc(CN2CCCC2=O)cc1)C1CCNCC1. The van der Waals surface area contributed by atoms with Gasteiger partial charge < -0.3 is 15.5 Å². The predicted octanol–water partition coefficient (Wildman–Crippen LogP) is 2.17. The molecule has 0 atom stereocenters. The number of nitrogens with zero attached hydrogens (tertiary/aromatic N) is 1. The lowest BCUT2D eigenvalue weighted by molar-refractivity contribution is -0.128. The zero-order valence-electron chi connectivity index (χ0n) is 13.2. The predicted molar refractivity (Wildman–Crippen MR) is 92.6 cm³/mol. The lowest BCUT2D eigenvalue weighted by Crippen LogP contribution is -2.34. The second-order valence-corrected chi connectivity index (χ2v) is 6.13. The average molecular weight is 338 g/mol. The van der Waals surface area contributed by atoms with Gasteiger partial charge in [-0.3, -0.25) is 9.59 Å². The fourth-order valence-electron chi connectivity index (χ4n) is 3.11. The Morgan fingerprint density at radius 2 is 1.91 bits per heavy atom. The van der Waals surface area contributed by atoms with Crippen molar-refractivity contribution in [3.05, 3.63) is 29.8 Å². The van der Waals surface area contributed by atoms with Gasteiger partial charge in [0, 0.05) is 31.1 Å². The van der Waals surface area contributed by atoms with Crippen molar-refractivity contribution in [1.29, 1.82) is 0 Å². The number of amides is 2. The zero-order chi connectivity index (χ0) is 15.4. The second kappa shape index (κ2) is 8.31. The molecule has 2 saturated heterocycles. The maximum atomic E-state index is 12.2. The number of piperidine rings is 1. The van der Waals surface area contributed by atoms with Crippen LogP contribution in [0.4, 0.5) is 5.69 Å². The van der Waals surface area contributed by atoms with E-state index < -0.39 is 0 Å². The van der Waals surface area contributed by atoms with Gasteiger partial charge >= 0.3 is 0 Å². The van der Waals surface area contributed by atoms with Crippen LogP contribution in [0, 0.1) is 5.92 Å². The highest BCUT2D eigenvalue weighted by molar-refractivity contribution is 5.92. The van der Waals surface area contributed by atoms with Crippen LogP contribution < -0.4 is 10.6 Å². The summed E-state index contributed by atoms with van der Waals surface area (Å²) in [5.41, 5.74) is 1.94. The molecule has 0 aromatic heterocycles. The fourth-order valence-corrected chi connectivity index (χ4v) is 3.11. The third kappa shape index (κ3) is 4.69. The molecule has 6 heteroatoms. The highest BCUT2D eigenvalue weighted by Crippen LogP contribution is 2.18. The number of anilines is 1. The van der Waals surface area contributed by atoms with Crippen molar-refractivity contribution in [3.63, 3.8) is 0 Å². The van der Waals surface area contributed by atoms with E-state index in [1.807, 2.05) is 29.2 Å². The molecule has 1 aromatic rings. The van der Waals surface area contributed by atoms with Gasteiger partial charge in [0.15, 0.2) is 0 Å². The molecule has 3 rings (SSSR count). The molecule has 5 nitrogen and oxygen atoms in total. The Labute approximate surface area is 143 Å². The van der Waals surface area contributed by atoms with Crippen molar-refractivity contribution in [3.8, 4) is 0 Å². The summed E-state index contributed by atoms with van der Waals surface area (Å²) < 4.78 is 0. The Morgan fingerprint density at radius 1 is 1.22 bits per heavy atom. The van der Waals surface area contributed by atoms with Crippen molar-refractivity contribution in [1.82, 2.24) is 10.2 Å². The van der Waals surface area contributed by atoms with Crippen LogP contribution in [0.1, 0.15) is 31.2 Å². The van der Waals surface area contributed by atoms with Crippen molar-refractivity contribution in [2.75, 3.05) is 25.0 Å². The van der Waals surface area contributed by atoms with Crippen LogP contribution in [0.2, 0.25) is 0 Å². The molecular formula is C17H24ClN3O2. The van der Waals surface area contributed by atoms with E-state index in [9.17, 15) is 9.59 Å². The van der Waals surface area contributed by atoms with Gasteiger partial charge in [0.2, 0.25) is 11.8 Å². The van der Waals surface area contributed by atoms with Crippen LogP contribution in [-0.2, 0) is 16.1 Å². The normalized spacial score (nSPS) is 18.6. The van der Waals surface area contributed by atoms with E-state index in [0.29, 0.717) is 13.0 Å². The van der Waals surface area contributed by atoms with Gasteiger partial charge in [0.1, 0.15) is 0 Å². The number of carbonyl (C=O) groups is 2. The first kappa shape index (κ1) is 17.8. The molecule has 2 amide bonds. The Morgan fingerprint density at radius 3 is 2.52 bits per heavy atom. The monoisotopic (exact) mass is 337 g/mol. The summed E-state index contributed by atoms with van der Waals surface area (Å²) >= 11 is 0. The minimum atomic E-state index is 0. The zero-order valence-corrected chi connectivity index (χ0v) is 14.0. The van der Waals surface area contributed by atoms with Gasteiger partial charge in [0.25, 0.3) is 0 Å². The molecule has 0 unspecified atom stereocenters. The first-order valence-electron chi connectivity index (χ1n) is 8.11. The molecular weight excluding hydrogens is 314 g/mol. The molecule has 2 aliphatic heterocycles. The number of benzene rings is 1. The minimum Gasteiger partial charge on any atom is -0.338 e. The summed E-state index contributed by atoms with van der Waals surface area (Å²) in [5, 5.41) is 6.26. The molecule has 0 aliphatic carbocycles. The van der Waals surface area contributed by atoms with Gasteiger partial charge in [-0.2, -0.15) is 0 Å². The van der Waals surface area contributed by atoms with E-state index in [1.165, 1.54) is 0 Å². The number of hydrogen-bond acceptors (Lipinski definition) is 3. The number of rotatable bonds is 4. The van der Waals surface area contributed by atoms with Gasteiger partial charge in [0.05, 0.1) is 0 Å². The molecule has 0 spiro atoms. The first-order chi connectivity index (χ1) is 10.7. The van der Waals surface area contributed by atoms with Crippen LogP contribution in [0.5, 0.6) is 0 Å². The summed E-state index contributed by atoms with van der Waals surface area (Å²) in [6.45, 7) is 3.36. The molecule has 2 heterocycles. The van der Waals surface area contributed by atoms with E-state index in [4.69, 9.17) is 0 Å². The van der Waals surface area contributed by atoms with Gasteiger partial charge in [-0.15, -0.1) is 12.4 Å². The van der Waals surface area contributed by atoms with E-state index in [-0.39, 0.29) is 30.1 Å². The van der Waals surface area contributed by atoms with Crippen LogP contribution in [0.3, 0.4) is 0 Å². The summed E-state index contributed by atoms with van der Waals surface area (Å²) in [7, 11) is 0. The largest absolute Gasteiger partial charge is 0.338 e. The third-order valence-corrected chi connectivity index (χ3v) is 4.48. The maximum absolute atomic E-state index is 12.2. The molecule has 0 saturated carbocycles. The number of hydrogen-bond donors (Lipinski definition) is 2. The number of likely N-dealkylation sites (tertiary alicyclic amines) is 1. The van der Waals surface area contributed by atoms with E-state index in [2.05, 4.69) is 10.6 Å². The third-order valence-electron chi connectivity index (χ3n) is 4.48. The lowest BCUT2D eigenvalue weighted by Gasteiger charge is -2.22. The molecule has 23 heavy (non-hydrogen) atoms. The van der Waals surface area contributed by atoms with Crippen LogP contribution in [0.15, 0.2) is 24.3 Å². The average Bonchev–Trinajstić information content (AvgIpc) is 2.95. The molecule has 2 aliphatic rings. The highest BCUT2D eigenvalue weighted by atomic mass is 35.5. The highest BCUT2D eigenvalue weighted by Gasteiger charge is 2.21. The quantitative estimate of drug-likeness (QED) is 0.885. The number of nitrogens with one attached hydrogen (secondary N) is 2. The number of halogens is 1. The van der Waals surface area contributed by atoms with Crippen LogP contribution in [-0.4, -0.2) is 36.3 Å². The summed E-state index contributed by atoms with van der Waals surface area (Å²) in [6, 6.07) is 7.83. The topological polar surface area (TPSA) is 61.4 Å². The summed E-state index contributed by atoms with van der Waals surface area (Å²) in [4.78, 5) is 25.7. The van der Waals surface area contributed by atoms with Crippen molar-refractivity contribution in [2.24, 2.45) is 5.92 Å². The smallest absolute Gasteiger partial charge is 0.227 e. The molecule has 2 fully saturated rings. The second-order valence-electron chi connectivity index (χ2n) is 6.13.